The van der Waals surface area contributed by atoms with Crippen molar-refractivity contribution in [3.63, 3.8) is 0 Å². The van der Waals surface area contributed by atoms with E-state index in [1.54, 1.807) is 24.4 Å². The Balaban J connectivity index is 1.86. The molecule has 28 heavy (non-hydrogen) atoms. The Morgan fingerprint density at radius 2 is 1.93 bits per heavy atom. The van der Waals surface area contributed by atoms with Crippen LogP contribution in [0.1, 0.15) is 10.5 Å². The number of nitrogens with one attached hydrogen (secondary N) is 1. The van der Waals surface area contributed by atoms with Crippen LogP contribution in [-0.4, -0.2) is 26.0 Å². The first-order chi connectivity index (χ1) is 13.5. The van der Waals surface area contributed by atoms with Gasteiger partial charge in [-0.1, -0.05) is 11.6 Å². The van der Waals surface area contributed by atoms with E-state index in [2.05, 4.69) is 20.3 Å². The number of pyridine rings is 3. The lowest BCUT2D eigenvalue weighted by atomic mass is 10.1. The van der Waals surface area contributed by atoms with Crippen molar-refractivity contribution in [2.45, 2.75) is 0 Å². The fourth-order valence-electron chi connectivity index (χ4n) is 2.77. The summed E-state index contributed by atoms with van der Waals surface area (Å²) in [6.45, 7) is 0. The molecule has 0 unspecified atom stereocenters. The molecule has 0 aliphatic rings. The topological polar surface area (TPSA) is 88.0 Å². The number of aromatic nitrogens is 3. The Labute approximate surface area is 163 Å². The number of hydrogen-bond acceptors (Lipinski definition) is 5. The molecule has 0 saturated carbocycles. The van der Waals surface area contributed by atoms with Gasteiger partial charge in [0.1, 0.15) is 11.5 Å². The van der Waals surface area contributed by atoms with Gasteiger partial charge in [0, 0.05) is 34.1 Å². The van der Waals surface area contributed by atoms with Gasteiger partial charge in [0.15, 0.2) is 5.65 Å². The average Bonchev–Trinajstić information content (AvgIpc) is 2.70. The van der Waals surface area contributed by atoms with Crippen molar-refractivity contribution in [1.82, 2.24) is 15.0 Å². The van der Waals surface area contributed by atoms with Crippen LogP contribution in [0.25, 0.3) is 22.3 Å². The molecule has 0 aliphatic heterocycles. The standard InChI is InChI=1S/C20H12ClFN4O2/c21-11-3-4-15(22)14(8-11)17-10-16(13-2-1-6-24-19(13)26-17)25-12-5-7-23-18(9-12)20(27)28/h1-10H,(H,27,28)(H,23,24,25,26). The molecule has 138 valence electrons. The maximum Gasteiger partial charge on any atom is 0.354 e. The van der Waals surface area contributed by atoms with Crippen molar-refractivity contribution in [3.05, 3.63) is 77.5 Å². The van der Waals surface area contributed by atoms with Gasteiger partial charge >= 0.3 is 5.97 Å². The lowest BCUT2D eigenvalue weighted by molar-refractivity contribution is 0.0690. The first-order valence-corrected chi connectivity index (χ1v) is 8.56. The molecule has 8 heteroatoms. The molecular formula is C20H12ClFN4O2. The second-order valence-electron chi connectivity index (χ2n) is 5.91. The molecule has 4 aromatic rings. The summed E-state index contributed by atoms with van der Waals surface area (Å²) in [5.41, 5.74) is 2.01. The molecular weight excluding hydrogens is 383 g/mol. The monoisotopic (exact) mass is 394 g/mol. The SMILES string of the molecule is O=C(O)c1cc(Nc2cc(-c3cc(Cl)ccc3F)nc3ncccc23)ccn1. The lowest BCUT2D eigenvalue weighted by Crippen LogP contribution is -2.02. The Kier molecular flexibility index (Phi) is 4.58. The minimum absolute atomic E-state index is 0.0948. The van der Waals surface area contributed by atoms with E-state index in [9.17, 15) is 9.18 Å². The van der Waals surface area contributed by atoms with E-state index in [0.717, 1.165) is 0 Å². The summed E-state index contributed by atoms with van der Waals surface area (Å²) in [5.74, 6) is -1.60. The van der Waals surface area contributed by atoms with Crippen LogP contribution in [0.2, 0.25) is 5.02 Å². The molecule has 6 nitrogen and oxygen atoms in total. The summed E-state index contributed by atoms with van der Waals surface area (Å²) in [6, 6.07) is 12.5. The number of benzene rings is 1. The highest BCUT2D eigenvalue weighted by Gasteiger charge is 2.13. The van der Waals surface area contributed by atoms with Crippen LogP contribution in [0.4, 0.5) is 15.8 Å². The molecule has 0 aliphatic carbocycles. The highest BCUT2D eigenvalue weighted by atomic mass is 35.5. The van der Waals surface area contributed by atoms with Crippen LogP contribution in [0, 0.1) is 5.82 Å². The van der Waals surface area contributed by atoms with E-state index in [1.165, 1.54) is 30.5 Å². The van der Waals surface area contributed by atoms with Crippen LogP contribution >= 0.6 is 11.6 Å². The van der Waals surface area contributed by atoms with Gasteiger partial charge in [-0.2, -0.15) is 0 Å². The number of nitrogens with zero attached hydrogens (tertiary/aromatic N) is 3. The molecule has 2 N–H and O–H groups in total. The zero-order valence-corrected chi connectivity index (χ0v) is 15.0. The minimum Gasteiger partial charge on any atom is -0.477 e. The summed E-state index contributed by atoms with van der Waals surface area (Å²) in [7, 11) is 0. The normalized spacial score (nSPS) is 10.8. The van der Waals surface area contributed by atoms with Gasteiger partial charge < -0.3 is 10.4 Å². The van der Waals surface area contributed by atoms with Gasteiger partial charge in [0.2, 0.25) is 0 Å². The van der Waals surface area contributed by atoms with E-state index >= 15 is 0 Å². The van der Waals surface area contributed by atoms with E-state index in [0.29, 0.717) is 33.1 Å². The Morgan fingerprint density at radius 1 is 1.07 bits per heavy atom. The molecule has 0 spiro atoms. The van der Waals surface area contributed by atoms with Crippen molar-refractivity contribution < 1.29 is 14.3 Å². The summed E-state index contributed by atoms with van der Waals surface area (Å²) in [4.78, 5) is 23.7. The van der Waals surface area contributed by atoms with Gasteiger partial charge in [-0.15, -0.1) is 0 Å². The summed E-state index contributed by atoms with van der Waals surface area (Å²) >= 11 is 6.01. The van der Waals surface area contributed by atoms with E-state index in [-0.39, 0.29) is 11.3 Å². The molecule has 3 aromatic heterocycles. The Bertz CT molecular complexity index is 1220. The van der Waals surface area contributed by atoms with Crippen LogP contribution in [-0.2, 0) is 0 Å². The van der Waals surface area contributed by atoms with Crippen molar-refractivity contribution in [3.8, 4) is 11.3 Å². The van der Waals surface area contributed by atoms with Gasteiger partial charge in [-0.25, -0.2) is 24.1 Å². The largest absolute Gasteiger partial charge is 0.477 e. The van der Waals surface area contributed by atoms with Crippen molar-refractivity contribution in [2.75, 3.05) is 5.32 Å². The maximum absolute atomic E-state index is 14.3. The van der Waals surface area contributed by atoms with Gasteiger partial charge in [-0.3, -0.25) is 0 Å². The van der Waals surface area contributed by atoms with Crippen molar-refractivity contribution >= 4 is 40.0 Å². The van der Waals surface area contributed by atoms with Crippen LogP contribution in [0.3, 0.4) is 0 Å². The zero-order valence-electron chi connectivity index (χ0n) is 14.2. The van der Waals surface area contributed by atoms with Gasteiger partial charge in [0.05, 0.1) is 11.4 Å². The second-order valence-corrected chi connectivity index (χ2v) is 6.35. The fourth-order valence-corrected chi connectivity index (χ4v) is 2.95. The highest BCUT2D eigenvalue weighted by Crippen LogP contribution is 2.32. The van der Waals surface area contributed by atoms with Crippen molar-refractivity contribution in [1.29, 1.82) is 0 Å². The number of fused-ring (bicyclic) bond motifs is 1. The van der Waals surface area contributed by atoms with Crippen LogP contribution in [0.5, 0.6) is 0 Å². The number of carbonyl (C=O) groups is 1. The first kappa shape index (κ1) is 17.8. The number of rotatable bonds is 4. The zero-order chi connectivity index (χ0) is 19.7. The maximum atomic E-state index is 14.3. The van der Waals surface area contributed by atoms with E-state index in [1.807, 2.05) is 6.07 Å². The fraction of sp³-hybridized carbons (Fsp3) is 0. The molecule has 0 bridgehead atoms. The number of anilines is 2. The molecule has 1 aromatic carbocycles. The molecule has 0 saturated heterocycles. The number of aromatic carboxylic acids is 1. The molecule has 0 atom stereocenters. The average molecular weight is 395 g/mol. The molecule has 4 rings (SSSR count). The minimum atomic E-state index is -1.13. The Morgan fingerprint density at radius 3 is 2.75 bits per heavy atom. The van der Waals surface area contributed by atoms with Crippen LogP contribution < -0.4 is 5.32 Å². The molecule has 0 fully saturated rings. The van der Waals surface area contributed by atoms with Gasteiger partial charge in [0.25, 0.3) is 0 Å². The predicted octanol–water partition coefficient (Wildman–Crippen LogP) is 4.93. The van der Waals surface area contributed by atoms with Crippen LogP contribution in [0.15, 0.2) is 60.9 Å². The number of carboxylic acid groups (broad SMARTS) is 1. The smallest absolute Gasteiger partial charge is 0.354 e. The number of carboxylic acids is 1. The summed E-state index contributed by atoms with van der Waals surface area (Å²) in [5, 5.41) is 13.4. The third kappa shape index (κ3) is 3.47. The summed E-state index contributed by atoms with van der Waals surface area (Å²) in [6.07, 6.45) is 2.98. The van der Waals surface area contributed by atoms with E-state index < -0.39 is 11.8 Å². The third-order valence-corrected chi connectivity index (χ3v) is 4.28. The number of hydrogen-bond donors (Lipinski definition) is 2. The Hall–Kier alpha value is -3.58. The van der Waals surface area contributed by atoms with Gasteiger partial charge in [-0.05, 0) is 48.5 Å². The van der Waals surface area contributed by atoms with E-state index in [4.69, 9.17) is 16.7 Å². The first-order valence-electron chi connectivity index (χ1n) is 8.19. The predicted molar refractivity (Wildman–Crippen MR) is 104 cm³/mol. The highest BCUT2D eigenvalue weighted by molar-refractivity contribution is 6.30. The second kappa shape index (κ2) is 7.21. The third-order valence-electron chi connectivity index (χ3n) is 4.05. The quantitative estimate of drug-likeness (QED) is 0.510. The molecule has 0 radical (unpaired) electrons. The van der Waals surface area contributed by atoms with Crippen molar-refractivity contribution in [2.24, 2.45) is 0 Å². The molecule has 0 amide bonds. The summed E-state index contributed by atoms with van der Waals surface area (Å²) < 4.78 is 14.3. The number of halogens is 2. The lowest BCUT2D eigenvalue weighted by Gasteiger charge is -2.12. The molecule has 3 heterocycles.